The van der Waals surface area contributed by atoms with E-state index >= 15 is 0 Å². The van der Waals surface area contributed by atoms with E-state index in [0.29, 0.717) is 23.3 Å². The lowest BCUT2D eigenvalue weighted by Crippen LogP contribution is -2.47. The molecular weight excluding hydrogens is 360 g/mol. The van der Waals surface area contributed by atoms with Crippen molar-refractivity contribution in [2.75, 3.05) is 17.3 Å². The van der Waals surface area contributed by atoms with E-state index in [4.69, 9.17) is 0 Å². The summed E-state index contributed by atoms with van der Waals surface area (Å²) in [6.45, 7) is 2.01. The van der Waals surface area contributed by atoms with Gasteiger partial charge in [-0.25, -0.2) is 0 Å². The largest absolute Gasteiger partial charge is 0.324 e. The van der Waals surface area contributed by atoms with Gasteiger partial charge in [0.1, 0.15) is 6.04 Å². The van der Waals surface area contributed by atoms with Crippen LogP contribution in [0.25, 0.3) is 0 Å². The smallest absolute Gasteiger partial charge is 0.262 e. The number of hydrogen-bond donors (Lipinski definition) is 1. The molecule has 1 atom stereocenters. The topological polar surface area (TPSA) is 66.5 Å². The van der Waals surface area contributed by atoms with Crippen LogP contribution >= 0.6 is 11.8 Å². The van der Waals surface area contributed by atoms with Gasteiger partial charge in [0, 0.05) is 5.69 Å². The predicted molar refractivity (Wildman–Crippen MR) is 108 cm³/mol. The third kappa shape index (κ3) is 3.76. The highest BCUT2D eigenvalue weighted by molar-refractivity contribution is 7.98. The van der Waals surface area contributed by atoms with Gasteiger partial charge in [-0.15, -0.1) is 0 Å². The highest BCUT2D eigenvalue weighted by atomic mass is 32.2. The number of carbonyl (C=O) groups excluding carboxylic acids is 3. The van der Waals surface area contributed by atoms with E-state index in [-0.39, 0.29) is 5.91 Å². The summed E-state index contributed by atoms with van der Waals surface area (Å²) >= 11 is 1.58. The van der Waals surface area contributed by atoms with E-state index in [2.05, 4.69) is 5.32 Å². The number of nitrogens with one attached hydrogen (secondary N) is 1. The lowest BCUT2D eigenvalue weighted by molar-refractivity contribution is -0.120. The fourth-order valence-electron chi connectivity index (χ4n) is 3.26. The molecule has 1 aliphatic heterocycles. The molecule has 0 saturated carbocycles. The summed E-state index contributed by atoms with van der Waals surface area (Å²) < 4.78 is 0. The van der Waals surface area contributed by atoms with Crippen molar-refractivity contribution in [1.82, 2.24) is 4.90 Å². The minimum Gasteiger partial charge on any atom is -0.324 e. The average molecular weight is 382 g/mol. The number of benzene rings is 2. The number of fused-ring (bicyclic) bond motifs is 1. The third-order valence-corrected chi connectivity index (χ3v) is 5.34. The van der Waals surface area contributed by atoms with Gasteiger partial charge in [0.15, 0.2) is 0 Å². The molecule has 6 heteroatoms. The van der Waals surface area contributed by atoms with Gasteiger partial charge < -0.3 is 5.32 Å². The van der Waals surface area contributed by atoms with Crippen LogP contribution < -0.4 is 5.32 Å². The lowest BCUT2D eigenvalue weighted by atomic mass is 10.1. The van der Waals surface area contributed by atoms with Gasteiger partial charge in [0.2, 0.25) is 5.91 Å². The number of anilines is 1. The molecule has 27 heavy (non-hydrogen) atoms. The molecule has 2 aromatic rings. The molecule has 0 bridgehead atoms. The second-order valence-electron chi connectivity index (χ2n) is 6.32. The van der Waals surface area contributed by atoms with Crippen LogP contribution in [0.4, 0.5) is 5.69 Å². The van der Waals surface area contributed by atoms with Gasteiger partial charge in [0.25, 0.3) is 11.8 Å². The number of aryl methyl sites for hydroxylation is 1. The first-order valence-electron chi connectivity index (χ1n) is 8.93. The SMILES string of the molecule is CCc1ccccc1NC(=O)C(CCSC)N1C(=O)c2ccccc2C1=O. The quantitative estimate of drug-likeness (QED) is 0.743. The third-order valence-electron chi connectivity index (χ3n) is 4.69. The molecule has 5 nitrogen and oxygen atoms in total. The Hall–Kier alpha value is -2.60. The van der Waals surface area contributed by atoms with Crippen molar-refractivity contribution in [3.63, 3.8) is 0 Å². The van der Waals surface area contributed by atoms with Crippen molar-refractivity contribution < 1.29 is 14.4 Å². The molecular formula is C21H22N2O3S. The van der Waals surface area contributed by atoms with E-state index in [1.165, 1.54) is 0 Å². The Morgan fingerprint density at radius 3 is 2.22 bits per heavy atom. The Kier molecular flexibility index (Phi) is 5.96. The monoisotopic (exact) mass is 382 g/mol. The number of rotatable bonds is 7. The van der Waals surface area contributed by atoms with E-state index in [1.54, 1.807) is 36.0 Å². The molecule has 2 aromatic carbocycles. The fourth-order valence-corrected chi connectivity index (χ4v) is 3.72. The molecule has 1 heterocycles. The average Bonchev–Trinajstić information content (AvgIpc) is 2.94. The number of imide groups is 1. The molecule has 0 radical (unpaired) electrons. The standard InChI is InChI=1S/C21H22N2O3S/c1-3-14-8-4-7-11-17(14)22-19(24)18(12-13-27-2)23-20(25)15-9-5-6-10-16(15)21(23)26/h4-11,18H,3,12-13H2,1-2H3,(H,22,24). The maximum Gasteiger partial charge on any atom is 0.262 e. The summed E-state index contributed by atoms with van der Waals surface area (Å²) in [6.07, 6.45) is 3.12. The Balaban J connectivity index is 1.89. The normalized spacial score (nSPS) is 14.2. The molecule has 3 amide bonds. The van der Waals surface area contributed by atoms with E-state index in [9.17, 15) is 14.4 Å². The highest BCUT2D eigenvalue weighted by Gasteiger charge is 2.42. The van der Waals surface area contributed by atoms with Crippen LogP contribution in [-0.4, -0.2) is 40.7 Å². The molecule has 0 spiro atoms. The summed E-state index contributed by atoms with van der Waals surface area (Å²) in [5.41, 5.74) is 2.45. The molecule has 3 rings (SSSR count). The maximum atomic E-state index is 13.0. The number of thioether (sulfide) groups is 1. The van der Waals surface area contributed by atoms with E-state index < -0.39 is 17.9 Å². The van der Waals surface area contributed by atoms with Gasteiger partial charge in [0.05, 0.1) is 11.1 Å². The number of hydrogen-bond acceptors (Lipinski definition) is 4. The maximum absolute atomic E-state index is 13.0. The van der Waals surface area contributed by atoms with Gasteiger partial charge in [-0.3, -0.25) is 19.3 Å². The molecule has 0 saturated heterocycles. The minimum atomic E-state index is -0.838. The summed E-state index contributed by atoms with van der Waals surface area (Å²) in [6, 6.07) is 13.4. The molecule has 1 unspecified atom stereocenters. The van der Waals surface area contributed by atoms with Crippen LogP contribution in [0.2, 0.25) is 0 Å². The zero-order valence-electron chi connectivity index (χ0n) is 15.4. The second-order valence-corrected chi connectivity index (χ2v) is 7.31. The van der Waals surface area contributed by atoms with Crippen LogP contribution in [0.5, 0.6) is 0 Å². The molecule has 140 valence electrons. The van der Waals surface area contributed by atoms with E-state index in [0.717, 1.165) is 22.6 Å². The number of para-hydroxylation sites is 1. The highest BCUT2D eigenvalue weighted by Crippen LogP contribution is 2.27. The van der Waals surface area contributed by atoms with Crippen molar-refractivity contribution in [3.8, 4) is 0 Å². The summed E-state index contributed by atoms with van der Waals surface area (Å²) in [5.74, 6) is -0.471. The van der Waals surface area contributed by atoms with Crippen molar-refractivity contribution in [1.29, 1.82) is 0 Å². The van der Waals surface area contributed by atoms with Crippen LogP contribution in [-0.2, 0) is 11.2 Å². The number of amides is 3. The van der Waals surface area contributed by atoms with Crippen LogP contribution in [0.3, 0.4) is 0 Å². The van der Waals surface area contributed by atoms with Crippen LogP contribution in [0.1, 0.15) is 39.6 Å². The first-order chi connectivity index (χ1) is 13.1. The predicted octanol–water partition coefficient (Wildman–Crippen LogP) is 3.61. The number of carbonyl (C=O) groups is 3. The Morgan fingerprint density at radius 2 is 1.63 bits per heavy atom. The van der Waals surface area contributed by atoms with Crippen molar-refractivity contribution >= 4 is 35.2 Å². The molecule has 1 N–H and O–H groups in total. The zero-order valence-corrected chi connectivity index (χ0v) is 16.2. The Morgan fingerprint density at radius 1 is 1.04 bits per heavy atom. The van der Waals surface area contributed by atoms with Gasteiger partial charge in [-0.1, -0.05) is 37.3 Å². The van der Waals surface area contributed by atoms with Crippen LogP contribution in [0, 0.1) is 0 Å². The first-order valence-corrected chi connectivity index (χ1v) is 10.3. The van der Waals surface area contributed by atoms with Gasteiger partial charge >= 0.3 is 0 Å². The zero-order chi connectivity index (χ0) is 19.4. The second kappa shape index (κ2) is 8.39. The fraction of sp³-hybridized carbons (Fsp3) is 0.286. The van der Waals surface area contributed by atoms with Crippen molar-refractivity contribution in [2.45, 2.75) is 25.8 Å². The minimum absolute atomic E-state index is 0.334. The lowest BCUT2D eigenvalue weighted by Gasteiger charge is -2.25. The van der Waals surface area contributed by atoms with E-state index in [1.807, 2.05) is 37.4 Å². The Labute approximate surface area is 163 Å². The number of nitrogens with zero attached hydrogens (tertiary/aromatic N) is 1. The van der Waals surface area contributed by atoms with Crippen LogP contribution in [0.15, 0.2) is 48.5 Å². The Bertz CT molecular complexity index is 846. The molecule has 0 fully saturated rings. The summed E-state index contributed by atoms with van der Waals surface area (Å²) in [4.78, 5) is 39.8. The molecule has 0 aromatic heterocycles. The molecule has 0 aliphatic carbocycles. The van der Waals surface area contributed by atoms with Crippen molar-refractivity contribution in [3.05, 3.63) is 65.2 Å². The van der Waals surface area contributed by atoms with Crippen molar-refractivity contribution in [2.24, 2.45) is 0 Å². The van der Waals surface area contributed by atoms with Gasteiger partial charge in [-0.2, -0.15) is 11.8 Å². The summed E-state index contributed by atoms with van der Waals surface area (Å²) in [7, 11) is 0. The first kappa shape index (κ1) is 19.2. The van der Waals surface area contributed by atoms with Gasteiger partial charge in [-0.05, 0) is 48.6 Å². The summed E-state index contributed by atoms with van der Waals surface area (Å²) in [5, 5.41) is 2.92. The molecule has 1 aliphatic rings.